The number of hydrogen-bond acceptors (Lipinski definition) is 12. The second-order valence-corrected chi connectivity index (χ2v) is 16.2. The Morgan fingerprint density at radius 3 is 2.45 bits per heavy atom. The van der Waals surface area contributed by atoms with E-state index in [-0.39, 0.29) is 36.0 Å². The maximum atomic E-state index is 13.4. The standard InChI is InChI=1S/C40H58N8O7/c1-7-31-36(50)46(5)32-23-41-38(45-34(32)48(31)27-12-8-9-13-27)43-29-17-16-25(22-33(29)53-6)35(49)42-26-18-20-47(24-26)21-19-30(44-39(52)55-40(2,3)4)37(51)54-28-14-10-11-15-28/h16-17,22-23,26-28,30-31H,7-15,18-21,24H2,1-6H3,(H,42,49)(H,44,52)(H,41,43,45)/t26?,30-,31+/m0/s1. The molecule has 2 aliphatic heterocycles. The molecule has 3 N–H and O–H groups in total. The van der Waals surface area contributed by atoms with E-state index in [1.807, 2.05) is 6.92 Å². The fourth-order valence-corrected chi connectivity index (χ4v) is 8.18. The predicted molar refractivity (Wildman–Crippen MR) is 209 cm³/mol. The highest BCUT2D eigenvalue weighted by Crippen LogP contribution is 2.40. The summed E-state index contributed by atoms with van der Waals surface area (Å²) in [6.07, 6.45) is 10.8. The van der Waals surface area contributed by atoms with Crippen LogP contribution in [-0.4, -0.2) is 108 Å². The Kier molecular flexibility index (Phi) is 12.7. The van der Waals surface area contributed by atoms with Crippen LogP contribution in [0.2, 0.25) is 0 Å². The van der Waals surface area contributed by atoms with Gasteiger partial charge in [0.1, 0.15) is 35.2 Å². The molecule has 15 heteroatoms. The van der Waals surface area contributed by atoms with Crippen LogP contribution < -0.4 is 30.5 Å². The summed E-state index contributed by atoms with van der Waals surface area (Å²) in [5.41, 5.74) is 1.04. The van der Waals surface area contributed by atoms with E-state index in [0.29, 0.717) is 54.6 Å². The molecular formula is C40H58N8O7. The topological polar surface area (TPSA) is 168 Å². The molecule has 1 saturated heterocycles. The summed E-state index contributed by atoms with van der Waals surface area (Å²) in [5.74, 6) is 0.976. The molecule has 4 aliphatic rings. The number of fused-ring (bicyclic) bond motifs is 1. The number of esters is 1. The van der Waals surface area contributed by atoms with Crippen molar-refractivity contribution in [1.29, 1.82) is 0 Å². The van der Waals surface area contributed by atoms with Crippen molar-refractivity contribution in [3.8, 4) is 5.75 Å². The number of carbonyl (C=O) groups is 4. The summed E-state index contributed by atoms with van der Waals surface area (Å²) in [6.45, 7) is 9.24. The van der Waals surface area contributed by atoms with Gasteiger partial charge in [-0.2, -0.15) is 4.98 Å². The third-order valence-electron chi connectivity index (χ3n) is 11.0. The zero-order valence-corrected chi connectivity index (χ0v) is 33.2. The van der Waals surface area contributed by atoms with Gasteiger partial charge >= 0.3 is 12.1 Å². The molecule has 1 unspecified atom stereocenters. The molecule has 2 saturated carbocycles. The number of rotatable bonds is 13. The van der Waals surface area contributed by atoms with Crippen LogP contribution in [0.1, 0.15) is 109 Å². The van der Waals surface area contributed by atoms with Gasteiger partial charge in [-0.15, -0.1) is 0 Å². The minimum Gasteiger partial charge on any atom is -0.495 e. The van der Waals surface area contributed by atoms with E-state index in [1.165, 1.54) is 0 Å². The highest BCUT2D eigenvalue weighted by atomic mass is 16.6. The van der Waals surface area contributed by atoms with E-state index >= 15 is 0 Å². The molecule has 3 amide bonds. The quantitative estimate of drug-likeness (QED) is 0.226. The van der Waals surface area contributed by atoms with Crippen LogP contribution >= 0.6 is 0 Å². The molecule has 3 fully saturated rings. The SMILES string of the molecule is CC[C@@H]1C(=O)N(C)c2cnc(Nc3ccc(C(=O)NC4CCN(CC[C@H](NC(=O)OC(C)(C)C)C(=O)OC5CCCC5)C4)cc3OC)nc2N1C1CCCC1. The highest BCUT2D eigenvalue weighted by Gasteiger charge is 2.41. The van der Waals surface area contributed by atoms with Crippen molar-refractivity contribution in [3.63, 3.8) is 0 Å². The van der Waals surface area contributed by atoms with Crippen molar-refractivity contribution in [2.45, 2.75) is 134 Å². The number of likely N-dealkylation sites (N-methyl/N-ethyl adjacent to an activating group) is 1. The first-order valence-electron chi connectivity index (χ1n) is 19.9. The minimum atomic E-state index is -0.833. The van der Waals surface area contributed by atoms with Gasteiger partial charge in [0.2, 0.25) is 11.9 Å². The average Bonchev–Trinajstić information content (AvgIpc) is 3.95. The maximum absolute atomic E-state index is 13.4. The van der Waals surface area contributed by atoms with Crippen LogP contribution in [0.3, 0.4) is 0 Å². The van der Waals surface area contributed by atoms with Crippen molar-refractivity contribution >= 4 is 47.0 Å². The number of alkyl carbamates (subject to hydrolysis) is 1. The van der Waals surface area contributed by atoms with Crippen molar-refractivity contribution in [3.05, 3.63) is 30.0 Å². The molecule has 3 heterocycles. The van der Waals surface area contributed by atoms with Crippen molar-refractivity contribution in [2.75, 3.05) is 48.9 Å². The lowest BCUT2D eigenvalue weighted by Crippen LogP contribution is -2.55. The van der Waals surface area contributed by atoms with E-state index < -0.39 is 23.7 Å². The Morgan fingerprint density at radius 1 is 1.04 bits per heavy atom. The fraction of sp³-hybridized carbons (Fsp3) is 0.650. The van der Waals surface area contributed by atoms with Gasteiger partial charge in [-0.3, -0.25) is 9.59 Å². The van der Waals surface area contributed by atoms with E-state index in [0.717, 1.165) is 70.2 Å². The minimum absolute atomic E-state index is 0.0599. The van der Waals surface area contributed by atoms with Gasteiger partial charge in [0.05, 0.1) is 19.0 Å². The summed E-state index contributed by atoms with van der Waals surface area (Å²) in [5, 5.41) is 9.15. The summed E-state index contributed by atoms with van der Waals surface area (Å²) in [4.78, 5) is 67.9. The normalized spacial score (nSPS) is 21.3. The van der Waals surface area contributed by atoms with Gasteiger partial charge in [0.15, 0.2) is 5.82 Å². The second-order valence-electron chi connectivity index (χ2n) is 16.2. The van der Waals surface area contributed by atoms with Crippen LogP contribution in [0.25, 0.3) is 0 Å². The Hall–Kier alpha value is -4.66. The summed E-state index contributed by atoms with van der Waals surface area (Å²) in [6, 6.07) is 4.26. The molecule has 0 bridgehead atoms. The van der Waals surface area contributed by atoms with E-state index in [1.54, 1.807) is 64.2 Å². The highest BCUT2D eigenvalue weighted by molar-refractivity contribution is 6.04. The van der Waals surface area contributed by atoms with E-state index in [2.05, 4.69) is 30.7 Å². The monoisotopic (exact) mass is 762 g/mol. The molecule has 300 valence electrons. The predicted octanol–water partition coefficient (Wildman–Crippen LogP) is 5.31. The van der Waals surface area contributed by atoms with Crippen LogP contribution in [0.4, 0.5) is 27.9 Å². The molecule has 1 aromatic carbocycles. The number of aromatic nitrogens is 2. The van der Waals surface area contributed by atoms with Crippen LogP contribution in [-0.2, 0) is 19.1 Å². The van der Waals surface area contributed by atoms with Crippen LogP contribution in [0.15, 0.2) is 24.4 Å². The molecule has 0 radical (unpaired) electrons. The Morgan fingerprint density at radius 2 is 1.76 bits per heavy atom. The van der Waals surface area contributed by atoms with Gasteiger partial charge in [0, 0.05) is 44.3 Å². The third kappa shape index (κ3) is 9.78. The molecule has 2 aliphatic carbocycles. The molecule has 55 heavy (non-hydrogen) atoms. The first kappa shape index (κ1) is 40.0. The zero-order valence-electron chi connectivity index (χ0n) is 33.2. The summed E-state index contributed by atoms with van der Waals surface area (Å²) < 4.78 is 16.9. The van der Waals surface area contributed by atoms with Crippen molar-refractivity contribution < 1.29 is 33.4 Å². The number of anilines is 4. The second kappa shape index (κ2) is 17.4. The van der Waals surface area contributed by atoms with E-state index in [4.69, 9.17) is 19.2 Å². The Balaban J connectivity index is 1.06. The molecule has 6 rings (SSSR count). The number of ether oxygens (including phenoxy) is 3. The van der Waals surface area contributed by atoms with Gasteiger partial charge in [-0.25, -0.2) is 14.6 Å². The van der Waals surface area contributed by atoms with Gasteiger partial charge < -0.3 is 44.9 Å². The first-order valence-corrected chi connectivity index (χ1v) is 19.9. The number of benzene rings is 1. The number of nitrogens with one attached hydrogen (secondary N) is 3. The van der Waals surface area contributed by atoms with Gasteiger partial charge in [-0.05, 0) is 96.8 Å². The van der Waals surface area contributed by atoms with Gasteiger partial charge in [-0.1, -0.05) is 19.8 Å². The molecular weight excluding hydrogens is 704 g/mol. The van der Waals surface area contributed by atoms with Crippen LogP contribution in [0.5, 0.6) is 5.75 Å². The number of hydrogen-bond donors (Lipinski definition) is 3. The lowest BCUT2D eigenvalue weighted by Gasteiger charge is -2.43. The van der Waals surface area contributed by atoms with Crippen molar-refractivity contribution in [2.24, 2.45) is 0 Å². The van der Waals surface area contributed by atoms with Gasteiger partial charge in [0.25, 0.3) is 5.91 Å². The number of methoxy groups -OCH3 is 1. The zero-order chi connectivity index (χ0) is 39.3. The maximum Gasteiger partial charge on any atom is 0.408 e. The van der Waals surface area contributed by atoms with Crippen LogP contribution in [0, 0.1) is 0 Å². The molecule has 2 aromatic rings. The number of amides is 3. The lowest BCUT2D eigenvalue weighted by atomic mass is 10.0. The first-order chi connectivity index (χ1) is 26.3. The average molecular weight is 763 g/mol. The number of nitrogens with zero attached hydrogens (tertiary/aromatic N) is 5. The number of likely N-dealkylation sites (tertiary alicyclic amines) is 1. The molecule has 1 aromatic heterocycles. The summed E-state index contributed by atoms with van der Waals surface area (Å²) in [7, 11) is 3.33. The third-order valence-corrected chi connectivity index (χ3v) is 11.0. The molecule has 0 spiro atoms. The fourth-order valence-electron chi connectivity index (χ4n) is 8.18. The smallest absolute Gasteiger partial charge is 0.408 e. The Bertz CT molecular complexity index is 1700. The Labute approximate surface area is 324 Å². The van der Waals surface area contributed by atoms with Crippen molar-refractivity contribution in [1.82, 2.24) is 25.5 Å². The molecule has 15 nitrogen and oxygen atoms in total. The van der Waals surface area contributed by atoms with E-state index in [9.17, 15) is 19.2 Å². The lowest BCUT2D eigenvalue weighted by molar-refractivity contribution is -0.151. The largest absolute Gasteiger partial charge is 0.495 e. The summed E-state index contributed by atoms with van der Waals surface area (Å²) >= 11 is 0. The molecule has 3 atom stereocenters. The number of carbonyl (C=O) groups excluding carboxylic acids is 4.